The van der Waals surface area contributed by atoms with Gasteiger partial charge in [-0.15, -0.1) is 0 Å². The van der Waals surface area contributed by atoms with Crippen molar-refractivity contribution in [2.24, 2.45) is 5.41 Å². The van der Waals surface area contributed by atoms with Crippen LogP contribution < -0.4 is 10.1 Å². The van der Waals surface area contributed by atoms with Crippen LogP contribution in [0.1, 0.15) is 51.6 Å². The van der Waals surface area contributed by atoms with Gasteiger partial charge in [0.25, 0.3) is 0 Å². The average Bonchev–Trinajstić information content (AvgIpc) is 2.99. The summed E-state index contributed by atoms with van der Waals surface area (Å²) in [4.78, 5) is 14.6. The van der Waals surface area contributed by atoms with Crippen molar-refractivity contribution >= 4 is 6.03 Å². The number of ether oxygens (including phenoxy) is 2. The Morgan fingerprint density at radius 1 is 1.16 bits per heavy atom. The molecule has 25 heavy (non-hydrogen) atoms. The van der Waals surface area contributed by atoms with E-state index < -0.39 is 0 Å². The van der Waals surface area contributed by atoms with Gasteiger partial charge in [-0.2, -0.15) is 0 Å². The Kier molecular flexibility index (Phi) is 5.52. The summed E-state index contributed by atoms with van der Waals surface area (Å²) < 4.78 is 11.1. The monoisotopic (exact) mass is 346 g/mol. The lowest BCUT2D eigenvalue weighted by Gasteiger charge is -2.33. The standard InChI is InChI=1S/C20H30N2O3/c1-15(2)25-18-6-4-17(5-7-18)16(3)21-19(23)22-11-8-20(14-22)9-12-24-13-10-20/h4-7,15-16H,8-14H2,1-3H3,(H,21,23)/t16-/m1/s1. The maximum atomic E-state index is 12.6. The van der Waals surface area contributed by atoms with Crippen molar-refractivity contribution in [1.29, 1.82) is 0 Å². The Hall–Kier alpha value is -1.75. The van der Waals surface area contributed by atoms with Gasteiger partial charge in [-0.25, -0.2) is 4.79 Å². The number of urea groups is 1. The van der Waals surface area contributed by atoms with E-state index in [9.17, 15) is 4.79 Å². The molecule has 1 atom stereocenters. The van der Waals surface area contributed by atoms with Crippen LogP contribution in [0.25, 0.3) is 0 Å². The van der Waals surface area contributed by atoms with E-state index in [-0.39, 0.29) is 23.6 Å². The fraction of sp³-hybridized carbons (Fsp3) is 0.650. The lowest BCUT2D eigenvalue weighted by molar-refractivity contribution is 0.0208. The SMILES string of the molecule is CC(C)Oc1ccc([C@@H](C)NC(=O)N2CCC3(CCOCC3)C2)cc1. The van der Waals surface area contributed by atoms with Crippen molar-refractivity contribution in [1.82, 2.24) is 10.2 Å². The Labute approximate surface area is 150 Å². The zero-order valence-electron chi connectivity index (χ0n) is 15.6. The van der Waals surface area contributed by atoms with Crippen molar-refractivity contribution in [3.05, 3.63) is 29.8 Å². The molecule has 0 aromatic heterocycles. The number of hydrogen-bond acceptors (Lipinski definition) is 3. The topological polar surface area (TPSA) is 50.8 Å². The van der Waals surface area contributed by atoms with Crippen LogP contribution in [0.5, 0.6) is 5.75 Å². The molecule has 1 aromatic carbocycles. The van der Waals surface area contributed by atoms with E-state index in [0.29, 0.717) is 0 Å². The van der Waals surface area contributed by atoms with Crippen LogP contribution in [-0.4, -0.2) is 43.3 Å². The van der Waals surface area contributed by atoms with Crippen molar-refractivity contribution in [2.75, 3.05) is 26.3 Å². The highest BCUT2D eigenvalue weighted by Gasteiger charge is 2.41. The maximum absolute atomic E-state index is 12.6. The molecule has 2 aliphatic heterocycles. The molecule has 5 nitrogen and oxygen atoms in total. The lowest BCUT2D eigenvalue weighted by atomic mass is 9.80. The first-order valence-electron chi connectivity index (χ1n) is 9.37. The minimum absolute atomic E-state index is 0.0214. The van der Waals surface area contributed by atoms with Gasteiger partial charge in [0.1, 0.15) is 5.75 Å². The number of hydrogen-bond donors (Lipinski definition) is 1. The molecule has 0 aliphatic carbocycles. The van der Waals surface area contributed by atoms with Crippen molar-refractivity contribution in [2.45, 2.75) is 52.2 Å². The molecule has 0 saturated carbocycles. The third-order valence-corrected chi connectivity index (χ3v) is 5.37. The van der Waals surface area contributed by atoms with Crippen molar-refractivity contribution in [3.63, 3.8) is 0 Å². The summed E-state index contributed by atoms with van der Waals surface area (Å²) in [5.74, 6) is 0.860. The lowest BCUT2D eigenvalue weighted by Crippen LogP contribution is -2.41. The number of nitrogens with one attached hydrogen (secondary N) is 1. The summed E-state index contributed by atoms with van der Waals surface area (Å²) in [5, 5.41) is 3.14. The predicted molar refractivity (Wildman–Crippen MR) is 97.8 cm³/mol. The van der Waals surface area contributed by atoms with Crippen LogP contribution in [-0.2, 0) is 4.74 Å². The minimum Gasteiger partial charge on any atom is -0.491 e. The summed E-state index contributed by atoms with van der Waals surface area (Å²) in [6.45, 7) is 9.41. The number of rotatable bonds is 4. The van der Waals surface area contributed by atoms with Gasteiger partial charge in [-0.3, -0.25) is 0 Å². The summed E-state index contributed by atoms with van der Waals surface area (Å²) in [6.07, 6.45) is 3.41. The molecule has 1 N–H and O–H groups in total. The van der Waals surface area contributed by atoms with Gasteiger partial charge in [-0.05, 0) is 63.1 Å². The molecule has 1 aromatic rings. The molecule has 0 bridgehead atoms. The summed E-state index contributed by atoms with van der Waals surface area (Å²) in [5.41, 5.74) is 1.37. The third kappa shape index (κ3) is 4.46. The van der Waals surface area contributed by atoms with Gasteiger partial charge < -0.3 is 19.7 Å². The fourth-order valence-electron chi connectivity index (χ4n) is 3.79. The Bertz CT molecular complexity index is 579. The minimum atomic E-state index is -0.0214. The summed E-state index contributed by atoms with van der Waals surface area (Å²) in [6, 6.07) is 7.99. The van der Waals surface area contributed by atoms with E-state index in [2.05, 4.69) is 5.32 Å². The molecule has 2 saturated heterocycles. The fourth-order valence-corrected chi connectivity index (χ4v) is 3.79. The normalized spacial score (nSPS) is 20.7. The first-order chi connectivity index (χ1) is 12.0. The second-order valence-corrected chi connectivity index (χ2v) is 7.69. The number of likely N-dealkylation sites (tertiary alicyclic amines) is 1. The number of carbonyl (C=O) groups is 1. The molecule has 2 fully saturated rings. The number of nitrogens with zero attached hydrogens (tertiary/aromatic N) is 1. The Morgan fingerprint density at radius 3 is 2.48 bits per heavy atom. The van der Waals surface area contributed by atoms with Gasteiger partial charge in [-0.1, -0.05) is 12.1 Å². The largest absolute Gasteiger partial charge is 0.491 e. The van der Waals surface area contributed by atoms with Gasteiger partial charge in [0.2, 0.25) is 0 Å². The van der Waals surface area contributed by atoms with Crippen LogP contribution in [0.3, 0.4) is 0 Å². The van der Waals surface area contributed by atoms with Gasteiger partial charge in [0.15, 0.2) is 0 Å². The van der Waals surface area contributed by atoms with Gasteiger partial charge in [0, 0.05) is 26.3 Å². The zero-order chi connectivity index (χ0) is 17.9. The molecular formula is C20H30N2O3. The van der Waals surface area contributed by atoms with E-state index in [0.717, 1.165) is 56.9 Å². The highest BCUT2D eigenvalue weighted by molar-refractivity contribution is 5.75. The maximum Gasteiger partial charge on any atom is 0.317 e. The zero-order valence-corrected chi connectivity index (χ0v) is 15.6. The number of amides is 2. The molecule has 2 aliphatic rings. The van der Waals surface area contributed by atoms with E-state index >= 15 is 0 Å². The van der Waals surface area contributed by atoms with Crippen LogP contribution >= 0.6 is 0 Å². The molecule has 0 radical (unpaired) electrons. The first kappa shape index (κ1) is 18.1. The third-order valence-electron chi connectivity index (χ3n) is 5.37. The van der Waals surface area contributed by atoms with Crippen LogP contribution in [0.4, 0.5) is 4.79 Å². The van der Waals surface area contributed by atoms with E-state index in [4.69, 9.17) is 9.47 Å². The molecule has 2 heterocycles. The second-order valence-electron chi connectivity index (χ2n) is 7.69. The van der Waals surface area contributed by atoms with Crippen LogP contribution in [0.2, 0.25) is 0 Å². The van der Waals surface area contributed by atoms with E-state index in [1.807, 2.05) is 49.9 Å². The first-order valence-corrected chi connectivity index (χ1v) is 9.37. The van der Waals surface area contributed by atoms with Crippen LogP contribution in [0, 0.1) is 5.41 Å². The quantitative estimate of drug-likeness (QED) is 0.903. The van der Waals surface area contributed by atoms with E-state index in [1.54, 1.807) is 0 Å². The number of benzene rings is 1. The molecule has 138 valence electrons. The molecule has 2 amide bonds. The van der Waals surface area contributed by atoms with Crippen LogP contribution in [0.15, 0.2) is 24.3 Å². The molecule has 5 heteroatoms. The van der Waals surface area contributed by atoms with E-state index in [1.165, 1.54) is 0 Å². The van der Waals surface area contributed by atoms with Crippen molar-refractivity contribution in [3.8, 4) is 5.75 Å². The summed E-state index contributed by atoms with van der Waals surface area (Å²) in [7, 11) is 0. The average molecular weight is 346 g/mol. The Morgan fingerprint density at radius 2 is 1.84 bits per heavy atom. The second kappa shape index (κ2) is 7.65. The van der Waals surface area contributed by atoms with Crippen molar-refractivity contribution < 1.29 is 14.3 Å². The molecule has 1 spiro atoms. The molecular weight excluding hydrogens is 316 g/mol. The number of carbonyl (C=O) groups excluding carboxylic acids is 1. The predicted octanol–water partition coefficient (Wildman–Crippen LogP) is 3.75. The van der Waals surface area contributed by atoms with Gasteiger partial charge >= 0.3 is 6.03 Å². The Balaban J connectivity index is 1.54. The highest BCUT2D eigenvalue weighted by Crippen LogP contribution is 2.39. The molecule has 0 unspecified atom stereocenters. The smallest absolute Gasteiger partial charge is 0.317 e. The van der Waals surface area contributed by atoms with Gasteiger partial charge in [0.05, 0.1) is 12.1 Å². The highest BCUT2D eigenvalue weighted by atomic mass is 16.5. The molecule has 3 rings (SSSR count). The summed E-state index contributed by atoms with van der Waals surface area (Å²) >= 11 is 0.